The Morgan fingerprint density at radius 3 is 2.09 bits per heavy atom. The Hall–Kier alpha value is -2.52. The summed E-state index contributed by atoms with van der Waals surface area (Å²) in [4.78, 5) is 0. The summed E-state index contributed by atoms with van der Waals surface area (Å²) in [6, 6.07) is 22.6. The lowest BCUT2D eigenvalue weighted by atomic mass is 9.78. The number of hydrogen-bond donors (Lipinski definition) is 0. The standard InChI is InChI=1S/C33H40/c1-3-5-6-7-8-9-28-16-22-33-25-29(17-23-32(33)24-28)11-10-27-14-20-31(21-15-27)30-18-12-26(4-2)13-19-30/h14-17,20-26,30H,3-9,12-13,18-19H2,1-2H3/t26-,30-. The quantitative estimate of drug-likeness (QED) is 0.244. The van der Waals surface area contributed by atoms with Crippen LogP contribution in [0, 0.1) is 17.8 Å². The van der Waals surface area contributed by atoms with Gasteiger partial charge >= 0.3 is 0 Å². The molecule has 1 aliphatic rings. The molecule has 3 aromatic rings. The fourth-order valence-electron chi connectivity index (χ4n) is 5.35. The van der Waals surface area contributed by atoms with Crippen LogP contribution in [0.1, 0.15) is 106 Å². The zero-order valence-corrected chi connectivity index (χ0v) is 20.7. The average molecular weight is 437 g/mol. The molecule has 3 aromatic carbocycles. The van der Waals surface area contributed by atoms with Crippen molar-refractivity contribution in [2.45, 2.75) is 90.4 Å². The predicted octanol–water partition coefficient (Wildman–Crippen LogP) is 9.44. The van der Waals surface area contributed by atoms with E-state index in [9.17, 15) is 0 Å². The molecule has 0 bridgehead atoms. The molecule has 1 aliphatic carbocycles. The van der Waals surface area contributed by atoms with Crippen LogP contribution in [0.4, 0.5) is 0 Å². The molecule has 0 saturated heterocycles. The Morgan fingerprint density at radius 1 is 0.667 bits per heavy atom. The van der Waals surface area contributed by atoms with Crippen molar-refractivity contribution in [2.24, 2.45) is 5.92 Å². The van der Waals surface area contributed by atoms with Crippen LogP contribution in [0.25, 0.3) is 10.8 Å². The minimum atomic E-state index is 0.747. The van der Waals surface area contributed by atoms with E-state index in [4.69, 9.17) is 0 Å². The smallest absolute Gasteiger partial charge is 0.0255 e. The molecule has 0 nitrogen and oxygen atoms in total. The van der Waals surface area contributed by atoms with Gasteiger partial charge in [0.15, 0.2) is 0 Å². The summed E-state index contributed by atoms with van der Waals surface area (Å²) in [7, 11) is 0. The first-order chi connectivity index (χ1) is 16.2. The van der Waals surface area contributed by atoms with Crippen molar-refractivity contribution >= 4 is 10.8 Å². The highest BCUT2D eigenvalue weighted by atomic mass is 14.3. The zero-order valence-electron chi connectivity index (χ0n) is 20.7. The lowest BCUT2D eigenvalue weighted by molar-refractivity contribution is 0.319. The molecule has 0 spiro atoms. The third kappa shape index (κ3) is 6.74. The van der Waals surface area contributed by atoms with E-state index in [0.29, 0.717) is 0 Å². The Morgan fingerprint density at radius 2 is 1.33 bits per heavy atom. The number of aryl methyl sites for hydroxylation is 1. The van der Waals surface area contributed by atoms with Gasteiger partial charge < -0.3 is 0 Å². The van der Waals surface area contributed by atoms with Crippen molar-refractivity contribution in [1.82, 2.24) is 0 Å². The highest BCUT2D eigenvalue weighted by Crippen LogP contribution is 2.36. The third-order valence-corrected chi connectivity index (χ3v) is 7.63. The van der Waals surface area contributed by atoms with Gasteiger partial charge in [-0.2, -0.15) is 0 Å². The van der Waals surface area contributed by atoms with Crippen LogP contribution in [-0.4, -0.2) is 0 Å². The lowest BCUT2D eigenvalue weighted by Gasteiger charge is -2.28. The SMILES string of the molecule is CCCCCCCc1ccc2cc(C#Cc3ccc([C@H]4CC[C@H](CC)CC4)cc3)ccc2c1. The summed E-state index contributed by atoms with van der Waals surface area (Å²) >= 11 is 0. The van der Waals surface area contributed by atoms with Crippen LogP contribution < -0.4 is 0 Å². The van der Waals surface area contributed by atoms with Gasteiger partial charge in [0.2, 0.25) is 0 Å². The molecule has 0 unspecified atom stereocenters. The largest absolute Gasteiger partial charge is 0.0654 e. The minimum absolute atomic E-state index is 0.747. The molecule has 0 radical (unpaired) electrons. The molecule has 0 amide bonds. The average Bonchev–Trinajstić information content (AvgIpc) is 2.87. The van der Waals surface area contributed by atoms with Crippen molar-refractivity contribution in [2.75, 3.05) is 0 Å². The Labute approximate surface area is 201 Å². The van der Waals surface area contributed by atoms with Crippen molar-refractivity contribution in [3.8, 4) is 11.8 Å². The van der Waals surface area contributed by atoms with Gasteiger partial charge in [-0.05, 0) is 96.5 Å². The van der Waals surface area contributed by atoms with Gasteiger partial charge in [-0.15, -0.1) is 0 Å². The molecule has 33 heavy (non-hydrogen) atoms. The van der Waals surface area contributed by atoms with E-state index in [0.717, 1.165) is 23.0 Å². The molecule has 0 N–H and O–H groups in total. The first-order valence-electron chi connectivity index (χ1n) is 13.4. The van der Waals surface area contributed by atoms with E-state index in [1.54, 1.807) is 0 Å². The normalized spacial score (nSPS) is 18.1. The predicted molar refractivity (Wildman–Crippen MR) is 144 cm³/mol. The van der Waals surface area contributed by atoms with E-state index in [2.05, 4.69) is 86.4 Å². The number of hydrogen-bond acceptors (Lipinski definition) is 0. The van der Waals surface area contributed by atoms with Crippen LogP contribution in [0.2, 0.25) is 0 Å². The van der Waals surface area contributed by atoms with Crippen molar-refractivity contribution < 1.29 is 0 Å². The van der Waals surface area contributed by atoms with Gasteiger partial charge in [0.25, 0.3) is 0 Å². The van der Waals surface area contributed by atoms with E-state index < -0.39 is 0 Å². The highest BCUT2D eigenvalue weighted by molar-refractivity contribution is 5.84. The number of rotatable bonds is 8. The molecule has 1 saturated carbocycles. The maximum Gasteiger partial charge on any atom is 0.0255 e. The van der Waals surface area contributed by atoms with Crippen LogP contribution in [0.5, 0.6) is 0 Å². The molecule has 0 heterocycles. The van der Waals surface area contributed by atoms with E-state index in [1.807, 2.05) is 0 Å². The maximum absolute atomic E-state index is 3.38. The lowest BCUT2D eigenvalue weighted by Crippen LogP contribution is -2.12. The molecule has 0 aliphatic heterocycles. The van der Waals surface area contributed by atoms with Gasteiger partial charge in [0.05, 0.1) is 0 Å². The molecule has 1 fully saturated rings. The Kier molecular flexibility index (Phi) is 8.65. The Bertz CT molecular complexity index is 1070. The summed E-state index contributed by atoms with van der Waals surface area (Å²) < 4.78 is 0. The van der Waals surface area contributed by atoms with Gasteiger partial charge in [0, 0.05) is 11.1 Å². The first-order valence-corrected chi connectivity index (χ1v) is 13.4. The van der Waals surface area contributed by atoms with Crippen molar-refractivity contribution in [3.63, 3.8) is 0 Å². The van der Waals surface area contributed by atoms with Gasteiger partial charge in [-0.3, -0.25) is 0 Å². The number of benzene rings is 3. The molecular weight excluding hydrogens is 396 g/mol. The minimum Gasteiger partial charge on any atom is -0.0654 e. The topological polar surface area (TPSA) is 0 Å². The monoisotopic (exact) mass is 436 g/mol. The summed E-state index contributed by atoms with van der Waals surface area (Å²) in [5.41, 5.74) is 5.17. The zero-order chi connectivity index (χ0) is 22.9. The molecule has 0 aromatic heterocycles. The molecule has 0 heteroatoms. The molecule has 0 atom stereocenters. The summed E-state index contributed by atoms with van der Waals surface area (Å²) in [5, 5.41) is 2.61. The van der Waals surface area contributed by atoms with Crippen molar-refractivity contribution in [3.05, 3.63) is 82.9 Å². The highest BCUT2D eigenvalue weighted by Gasteiger charge is 2.20. The molecule has 4 rings (SSSR count). The van der Waals surface area contributed by atoms with Crippen LogP contribution in [0.15, 0.2) is 60.7 Å². The van der Waals surface area contributed by atoms with Crippen LogP contribution >= 0.6 is 0 Å². The number of fused-ring (bicyclic) bond motifs is 1. The number of unbranched alkanes of at least 4 members (excludes halogenated alkanes) is 4. The fraction of sp³-hybridized carbons (Fsp3) is 0.455. The van der Waals surface area contributed by atoms with Gasteiger partial charge in [-0.1, -0.05) is 94.2 Å². The Balaban J connectivity index is 1.36. The van der Waals surface area contributed by atoms with E-state index >= 15 is 0 Å². The van der Waals surface area contributed by atoms with Crippen LogP contribution in [0.3, 0.4) is 0 Å². The summed E-state index contributed by atoms with van der Waals surface area (Å²) in [6.45, 7) is 4.61. The van der Waals surface area contributed by atoms with E-state index in [-0.39, 0.29) is 0 Å². The maximum atomic E-state index is 3.38. The first kappa shape index (κ1) is 23.6. The summed E-state index contributed by atoms with van der Waals surface area (Å²) in [6.07, 6.45) is 14.7. The second-order valence-corrected chi connectivity index (χ2v) is 10.1. The van der Waals surface area contributed by atoms with Gasteiger partial charge in [0.1, 0.15) is 0 Å². The van der Waals surface area contributed by atoms with E-state index in [1.165, 1.54) is 92.5 Å². The second kappa shape index (κ2) is 12.1. The van der Waals surface area contributed by atoms with Gasteiger partial charge in [-0.25, -0.2) is 0 Å². The third-order valence-electron chi connectivity index (χ3n) is 7.63. The summed E-state index contributed by atoms with van der Waals surface area (Å²) in [5.74, 6) is 8.46. The molecule has 172 valence electrons. The second-order valence-electron chi connectivity index (χ2n) is 10.1. The molecular formula is C33H40. The van der Waals surface area contributed by atoms with Crippen molar-refractivity contribution in [1.29, 1.82) is 0 Å². The van der Waals surface area contributed by atoms with Crippen LogP contribution in [-0.2, 0) is 6.42 Å². The fourth-order valence-corrected chi connectivity index (χ4v) is 5.35.